The van der Waals surface area contributed by atoms with Gasteiger partial charge in [0.15, 0.2) is 0 Å². The van der Waals surface area contributed by atoms with Gasteiger partial charge in [-0.2, -0.15) is 0 Å². The summed E-state index contributed by atoms with van der Waals surface area (Å²) in [6, 6.07) is 9.70. The number of rotatable bonds is 3. The van der Waals surface area contributed by atoms with Gasteiger partial charge in [-0.15, -0.1) is 0 Å². The summed E-state index contributed by atoms with van der Waals surface area (Å²) in [4.78, 5) is 4.10. The number of nitrogens with one attached hydrogen (secondary N) is 1. The van der Waals surface area contributed by atoms with Crippen molar-refractivity contribution in [2.45, 2.75) is 6.54 Å². The van der Waals surface area contributed by atoms with Crippen molar-refractivity contribution in [2.75, 3.05) is 5.32 Å². The minimum Gasteiger partial charge on any atom is -0.380 e. The molecule has 1 aromatic heterocycles. The zero-order valence-corrected chi connectivity index (χ0v) is 10.8. The predicted octanol–water partition coefficient (Wildman–Crippen LogP) is 4.11. The van der Waals surface area contributed by atoms with Gasteiger partial charge < -0.3 is 5.32 Å². The lowest BCUT2D eigenvalue weighted by Crippen LogP contribution is -2.00. The normalized spacial score (nSPS) is 10.1. The second-order valence-corrected chi connectivity index (χ2v) is 4.67. The van der Waals surface area contributed by atoms with Gasteiger partial charge in [-0.3, -0.25) is 4.98 Å². The molecule has 1 N–H and O–H groups in total. The molecule has 0 unspecified atom stereocenters. The fraction of sp³-hybridized carbons (Fsp3) is 0.0833. The summed E-state index contributed by atoms with van der Waals surface area (Å²) < 4.78 is 0.978. The quantitative estimate of drug-likeness (QED) is 0.922. The van der Waals surface area contributed by atoms with Gasteiger partial charge in [-0.05, 0) is 39.7 Å². The number of pyridine rings is 1. The van der Waals surface area contributed by atoms with E-state index in [0.717, 1.165) is 20.7 Å². The molecule has 2 aromatic rings. The number of nitrogens with zero attached hydrogens (tertiary/aromatic N) is 1. The van der Waals surface area contributed by atoms with Crippen LogP contribution < -0.4 is 5.32 Å². The molecule has 1 heterocycles. The van der Waals surface area contributed by atoms with Gasteiger partial charge in [0.25, 0.3) is 0 Å². The molecule has 0 atom stereocenters. The molecule has 0 aliphatic carbocycles. The third-order valence-electron chi connectivity index (χ3n) is 2.12. The van der Waals surface area contributed by atoms with Gasteiger partial charge in [0, 0.05) is 23.4 Å². The third-order valence-corrected chi connectivity index (χ3v) is 2.88. The van der Waals surface area contributed by atoms with Crippen molar-refractivity contribution in [1.29, 1.82) is 0 Å². The second-order valence-electron chi connectivity index (χ2n) is 3.34. The van der Waals surface area contributed by atoms with Crippen LogP contribution in [0, 0.1) is 0 Å². The van der Waals surface area contributed by atoms with Crippen LogP contribution in [0.15, 0.2) is 47.2 Å². The monoisotopic (exact) mass is 296 g/mol. The molecule has 0 fully saturated rings. The Balaban J connectivity index is 2.05. The lowest BCUT2D eigenvalue weighted by Gasteiger charge is -2.07. The van der Waals surface area contributed by atoms with Crippen LogP contribution in [0.1, 0.15) is 5.56 Å². The molecular formula is C12H10BrClN2. The van der Waals surface area contributed by atoms with Gasteiger partial charge in [-0.25, -0.2) is 0 Å². The van der Waals surface area contributed by atoms with Crippen molar-refractivity contribution < 1.29 is 0 Å². The van der Waals surface area contributed by atoms with E-state index < -0.39 is 0 Å². The minimum absolute atomic E-state index is 0.705. The molecular weight excluding hydrogens is 288 g/mol. The summed E-state index contributed by atoms with van der Waals surface area (Å²) in [6.07, 6.45) is 3.59. The molecule has 0 saturated carbocycles. The molecule has 82 valence electrons. The zero-order chi connectivity index (χ0) is 11.4. The molecule has 4 heteroatoms. The number of anilines is 1. The molecule has 0 aliphatic heterocycles. The summed E-state index contributed by atoms with van der Waals surface area (Å²) >= 11 is 9.42. The molecule has 0 radical (unpaired) electrons. The first kappa shape index (κ1) is 11.4. The van der Waals surface area contributed by atoms with Crippen molar-refractivity contribution in [3.05, 3.63) is 57.8 Å². The molecule has 0 bridgehead atoms. The number of hydrogen-bond acceptors (Lipinski definition) is 2. The molecule has 2 nitrogen and oxygen atoms in total. The molecule has 0 amide bonds. The Kier molecular flexibility index (Phi) is 3.80. The first-order valence-corrected chi connectivity index (χ1v) is 6.00. The van der Waals surface area contributed by atoms with E-state index in [4.69, 9.17) is 11.6 Å². The van der Waals surface area contributed by atoms with Gasteiger partial charge in [0.05, 0.1) is 10.7 Å². The van der Waals surface area contributed by atoms with Crippen LogP contribution in [0.5, 0.6) is 0 Å². The maximum Gasteiger partial charge on any atom is 0.0637 e. The van der Waals surface area contributed by atoms with Crippen molar-refractivity contribution in [2.24, 2.45) is 0 Å². The van der Waals surface area contributed by atoms with Gasteiger partial charge in [0.2, 0.25) is 0 Å². The molecule has 1 aromatic carbocycles. The van der Waals surface area contributed by atoms with Crippen molar-refractivity contribution in [3.8, 4) is 0 Å². The van der Waals surface area contributed by atoms with E-state index in [0.29, 0.717) is 6.54 Å². The Morgan fingerprint density at radius 1 is 1.25 bits per heavy atom. The lowest BCUT2D eigenvalue weighted by molar-refractivity contribution is 1.11. The van der Waals surface area contributed by atoms with Crippen molar-refractivity contribution in [3.63, 3.8) is 0 Å². The minimum atomic E-state index is 0.705. The highest BCUT2D eigenvalue weighted by molar-refractivity contribution is 9.10. The van der Waals surface area contributed by atoms with Crippen LogP contribution in [0.4, 0.5) is 5.69 Å². The topological polar surface area (TPSA) is 24.9 Å². The lowest BCUT2D eigenvalue weighted by atomic mass is 10.2. The van der Waals surface area contributed by atoms with Crippen LogP contribution in [-0.2, 0) is 6.54 Å². The van der Waals surface area contributed by atoms with Crippen LogP contribution in [0.2, 0.25) is 5.02 Å². The van der Waals surface area contributed by atoms with Crippen molar-refractivity contribution >= 4 is 33.2 Å². The fourth-order valence-electron chi connectivity index (χ4n) is 1.35. The Morgan fingerprint density at radius 2 is 2.06 bits per heavy atom. The SMILES string of the molecule is Clc1ccccc1NCc1cncc(Br)c1. The molecule has 0 saturated heterocycles. The largest absolute Gasteiger partial charge is 0.380 e. The van der Waals surface area contributed by atoms with E-state index in [1.54, 1.807) is 6.20 Å². The highest BCUT2D eigenvalue weighted by atomic mass is 79.9. The number of aromatic nitrogens is 1. The summed E-state index contributed by atoms with van der Waals surface area (Å²) in [7, 11) is 0. The van der Waals surface area contributed by atoms with E-state index in [1.807, 2.05) is 36.5 Å². The van der Waals surface area contributed by atoms with E-state index >= 15 is 0 Å². The first-order chi connectivity index (χ1) is 7.75. The Labute approximate surface area is 108 Å². The van der Waals surface area contributed by atoms with Crippen LogP contribution >= 0.6 is 27.5 Å². The van der Waals surface area contributed by atoms with E-state index in [2.05, 4.69) is 26.2 Å². The fourth-order valence-corrected chi connectivity index (χ4v) is 1.97. The molecule has 16 heavy (non-hydrogen) atoms. The smallest absolute Gasteiger partial charge is 0.0637 e. The Morgan fingerprint density at radius 3 is 2.81 bits per heavy atom. The van der Waals surface area contributed by atoms with E-state index in [1.165, 1.54) is 0 Å². The maximum absolute atomic E-state index is 6.03. The Bertz CT molecular complexity index is 488. The number of halogens is 2. The maximum atomic E-state index is 6.03. The average molecular weight is 298 g/mol. The average Bonchev–Trinajstić information content (AvgIpc) is 2.28. The zero-order valence-electron chi connectivity index (χ0n) is 8.45. The van der Waals surface area contributed by atoms with Crippen LogP contribution in [0.25, 0.3) is 0 Å². The molecule has 0 spiro atoms. The third kappa shape index (κ3) is 2.97. The predicted molar refractivity (Wildman–Crippen MR) is 70.7 cm³/mol. The van der Waals surface area contributed by atoms with Crippen LogP contribution in [-0.4, -0.2) is 4.98 Å². The highest BCUT2D eigenvalue weighted by Crippen LogP contribution is 2.21. The van der Waals surface area contributed by atoms with Crippen LogP contribution in [0.3, 0.4) is 0 Å². The van der Waals surface area contributed by atoms with E-state index in [-0.39, 0.29) is 0 Å². The van der Waals surface area contributed by atoms with Gasteiger partial charge in [-0.1, -0.05) is 23.7 Å². The number of benzene rings is 1. The van der Waals surface area contributed by atoms with Gasteiger partial charge >= 0.3 is 0 Å². The first-order valence-electron chi connectivity index (χ1n) is 4.83. The molecule has 0 aliphatic rings. The second kappa shape index (κ2) is 5.32. The Hall–Kier alpha value is -1.06. The number of hydrogen-bond donors (Lipinski definition) is 1. The summed E-state index contributed by atoms with van der Waals surface area (Å²) in [5.41, 5.74) is 2.04. The van der Waals surface area contributed by atoms with E-state index in [9.17, 15) is 0 Å². The number of para-hydroxylation sites is 1. The summed E-state index contributed by atoms with van der Waals surface area (Å²) in [5.74, 6) is 0. The standard InChI is InChI=1S/C12H10BrClN2/c13-10-5-9(6-15-8-10)7-16-12-4-2-1-3-11(12)14/h1-6,8,16H,7H2. The summed E-state index contributed by atoms with van der Waals surface area (Å²) in [5, 5.41) is 3.99. The summed E-state index contributed by atoms with van der Waals surface area (Å²) in [6.45, 7) is 0.705. The molecule has 2 rings (SSSR count). The van der Waals surface area contributed by atoms with Gasteiger partial charge in [0.1, 0.15) is 0 Å². The van der Waals surface area contributed by atoms with Crippen molar-refractivity contribution in [1.82, 2.24) is 4.98 Å². The highest BCUT2D eigenvalue weighted by Gasteiger charge is 1.99.